The van der Waals surface area contributed by atoms with Gasteiger partial charge in [0, 0.05) is 22.2 Å². The third-order valence-electron chi connectivity index (χ3n) is 13.7. The van der Waals surface area contributed by atoms with Gasteiger partial charge < -0.3 is 15.3 Å². The number of likely N-dealkylation sites (tertiary alicyclic amines) is 2. The molecule has 3 atom stereocenters. The van der Waals surface area contributed by atoms with Crippen LogP contribution in [0.2, 0.25) is 0 Å². The largest absolute Gasteiger partial charge is 0.507 e. The predicted molar refractivity (Wildman–Crippen MR) is 201 cm³/mol. The zero-order valence-corrected chi connectivity index (χ0v) is 34.3. The van der Waals surface area contributed by atoms with E-state index in [-0.39, 0.29) is 57.2 Å². The van der Waals surface area contributed by atoms with Crippen molar-refractivity contribution in [3.63, 3.8) is 0 Å². The van der Waals surface area contributed by atoms with Crippen LogP contribution in [0.4, 0.5) is 0 Å². The topological polar surface area (TPSA) is 101 Å². The molecular formula is C42H72N2O5. The van der Waals surface area contributed by atoms with E-state index >= 15 is 0 Å². The SMILES string of the molecule is CCC(CC(C(=O)O)(C(=O)O)C1CC(C)(C)N(C)C(C)(C)C1)C1CC(C)(C)N(C)C(C)(C)C1Cc1cc(C(C)(C)C)c(O)c(C(C)(C)C)c1. The van der Waals surface area contributed by atoms with Gasteiger partial charge in [0.2, 0.25) is 0 Å². The van der Waals surface area contributed by atoms with E-state index in [0.29, 0.717) is 25.0 Å². The van der Waals surface area contributed by atoms with Crippen LogP contribution in [0.5, 0.6) is 5.75 Å². The minimum atomic E-state index is -1.89. The summed E-state index contributed by atoms with van der Waals surface area (Å²) in [7, 11) is 4.27. The maximum Gasteiger partial charge on any atom is 0.321 e. The molecule has 2 aliphatic heterocycles. The lowest BCUT2D eigenvalue weighted by Gasteiger charge is -2.60. The first-order chi connectivity index (χ1) is 21.9. The van der Waals surface area contributed by atoms with E-state index < -0.39 is 23.3 Å². The first-order valence-corrected chi connectivity index (χ1v) is 18.7. The number of benzene rings is 1. The van der Waals surface area contributed by atoms with Crippen molar-refractivity contribution in [2.75, 3.05) is 14.1 Å². The van der Waals surface area contributed by atoms with Gasteiger partial charge in [-0.05, 0) is 153 Å². The first-order valence-electron chi connectivity index (χ1n) is 18.7. The molecule has 0 radical (unpaired) electrons. The fraction of sp³-hybridized carbons (Fsp3) is 0.810. The zero-order valence-electron chi connectivity index (χ0n) is 34.3. The number of hydrogen-bond acceptors (Lipinski definition) is 5. The highest BCUT2D eigenvalue weighted by Gasteiger charge is 2.61. The quantitative estimate of drug-likeness (QED) is 0.223. The zero-order chi connectivity index (χ0) is 38.1. The Bertz CT molecular complexity index is 1330. The molecule has 7 nitrogen and oxygen atoms in total. The smallest absolute Gasteiger partial charge is 0.321 e. The van der Waals surface area contributed by atoms with Crippen LogP contribution in [0.3, 0.4) is 0 Å². The lowest BCUT2D eigenvalue weighted by molar-refractivity contribution is -0.180. The highest BCUT2D eigenvalue weighted by Crippen LogP contribution is 2.55. The molecular weight excluding hydrogens is 612 g/mol. The van der Waals surface area contributed by atoms with Gasteiger partial charge in [-0.25, -0.2) is 0 Å². The van der Waals surface area contributed by atoms with Gasteiger partial charge >= 0.3 is 11.9 Å². The molecule has 3 N–H and O–H groups in total. The Morgan fingerprint density at radius 1 is 0.776 bits per heavy atom. The summed E-state index contributed by atoms with van der Waals surface area (Å²) < 4.78 is 0. The van der Waals surface area contributed by atoms with Gasteiger partial charge in [0.05, 0.1) is 0 Å². The Morgan fingerprint density at radius 3 is 1.55 bits per heavy atom. The number of phenols is 1. The summed E-state index contributed by atoms with van der Waals surface area (Å²) in [5, 5.41) is 33.6. The van der Waals surface area contributed by atoms with Gasteiger partial charge in [0.25, 0.3) is 0 Å². The molecule has 1 aromatic rings. The van der Waals surface area contributed by atoms with E-state index in [4.69, 9.17) is 0 Å². The van der Waals surface area contributed by atoms with Crippen molar-refractivity contribution in [1.82, 2.24) is 9.80 Å². The average molecular weight is 685 g/mol. The molecule has 49 heavy (non-hydrogen) atoms. The standard InChI is InChI=1S/C42H72N2O5/c1-18-27(22-42(34(46)47,35(48)49)28-23-38(8,9)43(16)39(10,11)24-28)29-25-40(12,13)44(17)41(14,15)30(29)19-26-20-31(36(2,3)4)33(45)32(21-26)37(5,6)7/h20-21,27-30,45H,18-19,22-25H2,1-17H3,(H,46,47)(H,48,49). The summed E-state index contributed by atoms with van der Waals surface area (Å²) in [5.41, 5.74) is -0.517. The molecule has 0 amide bonds. The molecule has 3 rings (SSSR count). The van der Waals surface area contributed by atoms with Crippen molar-refractivity contribution in [1.29, 1.82) is 0 Å². The minimum absolute atomic E-state index is 0.0848. The van der Waals surface area contributed by atoms with Crippen molar-refractivity contribution in [2.45, 2.75) is 175 Å². The number of nitrogens with zero attached hydrogens (tertiary/aromatic N) is 2. The Morgan fingerprint density at radius 2 is 1.18 bits per heavy atom. The van der Waals surface area contributed by atoms with Crippen LogP contribution in [0.25, 0.3) is 0 Å². The van der Waals surface area contributed by atoms with Crippen molar-refractivity contribution < 1.29 is 24.9 Å². The molecule has 2 saturated heterocycles. The van der Waals surface area contributed by atoms with Crippen molar-refractivity contribution >= 4 is 11.9 Å². The number of hydrogen-bond donors (Lipinski definition) is 3. The number of carboxylic acid groups (broad SMARTS) is 2. The van der Waals surface area contributed by atoms with E-state index in [9.17, 15) is 24.9 Å². The highest BCUT2D eigenvalue weighted by molar-refractivity contribution is 5.98. The van der Waals surface area contributed by atoms with Crippen LogP contribution in [0.1, 0.15) is 153 Å². The second-order valence-electron chi connectivity index (χ2n) is 20.5. The first kappa shape index (κ1) is 41.3. The Balaban J connectivity index is 2.24. The molecule has 2 heterocycles. The van der Waals surface area contributed by atoms with E-state index in [1.165, 1.54) is 5.56 Å². The van der Waals surface area contributed by atoms with Crippen LogP contribution in [-0.2, 0) is 26.8 Å². The van der Waals surface area contributed by atoms with Gasteiger partial charge in [-0.15, -0.1) is 0 Å². The third-order valence-corrected chi connectivity index (χ3v) is 13.7. The van der Waals surface area contributed by atoms with Gasteiger partial charge in [0.15, 0.2) is 5.41 Å². The average Bonchev–Trinajstić information content (AvgIpc) is 2.91. The monoisotopic (exact) mass is 685 g/mol. The molecule has 280 valence electrons. The number of aliphatic carboxylic acids is 2. The van der Waals surface area contributed by atoms with E-state index in [0.717, 1.165) is 24.0 Å². The summed E-state index contributed by atoms with van der Waals surface area (Å²) >= 11 is 0. The molecule has 0 bridgehead atoms. The highest BCUT2D eigenvalue weighted by atomic mass is 16.4. The van der Waals surface area contributed by atoms with Crippen LogP contribution in [0, 0.1) is 29.1 Å². The molecule has 2 fully saturated rings. The Labute approximate surface area is 299 Å². The van der Waals surface area contributed by atoms with E-state index in [1.54, 1.807) is 0 Å². The number of carbonyl (C=O) groups is 2. The van der Waals surface area contributed by atoms with Gasteiger partial charge in [-0.1, -0.05) is 67.0 Å². The number of carboxylic acids is 2. The Hall–Kier alpha value is -2.12. The summed E-state index contributed by atoms with van der Waals surface area (Å²) in [6.07, 6.45) is 3.42. The van der Waals surface area contributed by atoms with Crippen LogP contribution < -0.4 is 0 Å². The lowest BCUT2D eigenvalue weighted by Crippen LogP contribution is -2.65. The molecule has 1 aromatic carbocycles. The summed E-state index contributed by atoms with van der Waals surface area (Å²) in [5.74, 6) is -2.46. The molecule has 2 aliphatic rings. The van der Waals surface area contributed by atoms with Crippen molar-refractivity contribution in [3.05, 3.63) is 28.8 Å². The summed E-state index contributed by atoms with van der Waals surface area (Å²) in [4.78, 5) is 31.9. The fourth-order valence-electron chi connectivity index (χ4n) is 10.0. The molecule has 0 spiro atoms. The third kappa shape index (κ3) is 7.59. The van der Waals surface area contributed by atoms with Crippen LogP contribution >= 0.6 is 0 Å². The Kier molecular flexibility index (Phi) is 11.1. The molecule has 7 heteroatoms. The number of phenolic OH excluding ortho intramolecular Hbond substituents is 1. The second-order valence-corrected chi connectivity index (χ2v) is 20.5. The maximum atomic E-state index is 13.5. The van der Waals surface area contributed by atoms with Crippen molar-refractivity contribution in [2.24, 2.45) is 29.1 Å². The second kappa shape index (κ2) is 13.1. The van der Waals surface area contributed by atoms with Crippen molar-refractivity contribution in [3.8, 4) is 5.75 Å². The van der Waals surface area contributed by atoms with E-state index in [1.807, 2.05) is 0 Å². The number of rotatable bonds is 9. The number of aromatic hydroxyl groups is 1. The summed E-state index contributed by atoms with van der Waals surface area (Å²) in [6.45, 7) is 32.5. The molecule has 0 saturated carbocycles. The lowest BCUT2D eigenvalue weighted by atomic mass is 9.55. The van der Waals surface area contributed by atoms with E-state index in [2.05, 4.69) is 140 Å². The normalized spacial score (nSPS) is 25.6. The minimum Gasteiger partial charge on any atom is -0.507 e. The predicted octanol–water partition coefficient (Wildman–Crippen LogP) is 9.13. The van der Waals surface area contributed by atoms with Gasteiger partial charge in [-0.2, -0.15) is 0 Å². The fourth-order valence-corrected chi connectivity index (χ4v) is 10.0. The van der Waals surface area contributed by atoms with Crippen LogP contribution in [0.15, 0.2) is 12.1 Å². The number of piperidine rings is 2. The summed E-state index contributed by atoms with van der Waals surface area (Å²) in [6, 6.07) is 4.36. The molecule has 0 aromatic heterocycles. The molecule has 0 aliphatic carbocycles. The van der Waals surface area contributed by atoms with Gasteiger partial charge in [0.1, 0.15) is 5.75 Å². The molecule has 3 unspecified atom stereocenters. The van der Waals surface area contributed by atoms with Gasteiger partial charge in [-0.3, -0.25) is 19.4 Å². The van der Waals surface area contributed by atoms with Crippen LogP contribution in [-0.4, -0.2) is 73.3 Å². The maximum absolute atomic E-state index is 13.5.